The third-order valence-electron chi connectivity index (χ3n) is 4.13. The van der Waals surface area contributed by atoms with E-state index in [9.17, 15) is 4.79 Å². The van der Waals surface area contributed by atoms with Gasteiger partial charge < -0.3 is 9.64 Å². The Morgan fingerprint density at radius 1 is 1.00 bits per heavy atom. The number of hydrogen-bond acceptors (Lipinski definition) is 2. The molecule has 1 saturated carbocycles. The number of hydrogen-bond donors (Lipinski definition) is 0. The molecule has 3 rings (SSSR count). The van der Waals surface area contributed by atoms with Crippen LogP contribution in [0, 0.1) is 0 Å². The van der Waals surface area contributed by atoms with Gasteiger partial charge in [0.15, 0.2) is 0 Å². The predicted molar refractivity (Wildman–Crippen MR) is 83.6 cm³/mol. The number of likely N-dealkylation sites (tertiary alicyclic amines) is 1. The van der Waals surface area contributed by atoms with E-state index >= 15 is 0 Å². The van der Waals surface area contributed by atoms with Crippen LogP contribution >= 0.6 is 0 Å². The number of allylic oxidation sites excluding steroid dienone is 1. The number of amides is 1. The van der Waals surface area contributed by atoms with Crippen LogP contribution in [0.15, 0.2) is 35.4 Å². The average Bonchev–Trinajstić information content (AvgIpc) is 3.32. The van der Waals surface area contributed by atoms with Crippen LogP contribution < -0.4 is 4.74 Å². The molecule has 0 atom stereocenters. The Morgan fingerprint density at radius 2 is 1.57 bits per heavy atom. The monoisotopic (exact) mass is 285 g/mol. The molecule has 1 amide bonds. The maximum absolute atomic E-state index is 12.5. The molecule has 3 nitrogen and oxygen atoms in total. The summed E-state index contributed by atoms with van der Waals surface area (Å²) in [4.78, 5) is 14.5. The Balaban J connectivity index is 1.61. The zero-order valence-electron chi connectivity index (χ0n) is 12.9. The molecule has 0 spiro atoms. The lowest BCUT2D eigenvalue weighted by molar-refractivity contribution is 0.0743. The van der Waals surface area contributed by atoms with Crippen LogP contribution in [0.2, 0.25) is 0 Å². The second kappa shape index (κ2) is 5.92. The van der Waals surface area contributed by atoms with Crippen LogP contribution in [0.3, 0.4) is 0 Å². The van der Waals surface area contributed by atoms with Gasteiger partial charge in [-0.15, -0.1) is 0 Å². The van der Waals surface area contributed by atoms with Crippen LogP contribution in [0.1, 0.15) is 49.9 Å². The minimum absolute atomic E-state index is 0.144. The number of rotatable bonds is 3. The summed E-state index contributed by atoms with van der Waals surface area (Å²) < 4.78 is 5.61. The van der Waals surface area contributed by atoms with E-state index in [2.05, 4.69) is 0 Å². The third kappa shape index (κ3) is 3.46. The van der Waals surface area contributed by atoms with Gasteiger partial charge in [-0.05, 0) is 63.8 Å². The topological polar surface area (TPSA) is 29.5 Å². The standard InChI is InChI=1S/C18H23NO2/c1-13(2)21-17-7-5-16(6-8-17)18(20)19-11-9-15(10-12-19)14-3-4-14/h5-8,13H,3-4,9-12H2,1-2H3. The lowest BCUT2D eigenvalue weighted by Crippen LogP contribution is -2.36. The third-order valence-corrected chi connectivity index (χ3v) is 4.13. The predicted octanol–water partition coefficient (Wildman–Crippen LogP) is 3.80. The van der Waals surface area contributed by atoms with Gasteiger partial charge in [-0.2, -0.15) is 0 Å². The van der Waals surface area contributed by atoms with Gasteiger partial charge in [0.05, 0.1) is 6.10 Å². The lowest BCUT2D eigenvalue weighted by Gasteiger charge is -2.28. The molecule has 0 unspecified atom stereocenters. The molecule has 112 valence electrons. The Bertz CT molecular complexity index is 541. The fourth-order valence-electron chi connectivity index (χ4n) is 2.88. The molecule has 0 aromatic heterocycles. The minimum Gasteiger partial charge on any atom is -0.491 e. The van der Waals surface area contributed by atoms with Crippen molar-refractivity contribution in [3.8, 4) is 5.75 Å². The van der Waals surface area contributed by atoms with Gasteiger partial charge >= 0.3 is 0 Å². The Hall–Kier alpha value is -1.77. The second-order valence-electron chi connectivity index (χ2n) is 6.19. The smallest absolute Gasteiger partial charge is 0.253 e. The highest BCUT2D eigenvalue weighted by atomic mass is 16.5. The Kier molecular flexibility index (Phi) is 4.00. The number of benzene rings is 1. The first-order chi connectivity index (χ1) is 10.1. The first-order valence-corrected chi connectivity index (χ1v) is 7.89. The van der Waals surface area contributed by atoms with E-state index in [0.29, 0.717) is 0 Å². The largest absolute Gasteiger partial charge is 0.491 e. The van der Waals surface area contributed by atoms with Crippen molar-refractivity contribution >= 4 is 5.91 Å². The molecule has 1 heterocycles. The quantitative estimate of drug-likeness (QED) is 0.791. The average molecular weight is 285 g/mol. The molecule has 3 heteroatoms. The van der Waals surface area contributed by atoms with E-state index in [0.717, 1.165) is 37.2 Å². The van der Waals surface area contributed by atoms with Crippen molar-refractivity contribution in [1.82, 2.24) is 4.90 Å². The molecule has 2 aliphatic rings. The van der Waals surface area contributed by atoms with Crippen molar-refractivity contribution in [3.05, 3.63) is 41.0 Å². The van der Waals surface area contributed by atoms with Gasteiger partial charge in [-0.1, -0.05) is 11.1 Å². The second-order valence-corrected chi connectivity index (χ2v) is 6.19. The highest BCUT2D eigenvalue weighted by Gasteiger charge is 2.24. The molecule has 0 radical (unpaired) electrons. The number of piperidine rings is 1. The van der Waals surface area contributed by atoms with E-state index in [1.165, 1.54) is 12.8 Å². The minimum atomic E-state index is 0.144. The molecule has 1 aromatic carbocycles. The van der Waals surface area contributed by atoms with Gasteiger partial charge in [0, 0.05) is 18.7 Å². The molecular formula is C18H23NO2. The van der Waals surface area contributed by atoms with E-state index in [-0.39, 0.29) is 12.0 Å². The van der Waals surface area contributed by atoms with Crippen LogP contribution in [0.5, 0.6) is 5.75 Å². The normalized spacial score (nSPS) is 18.1. The van der Waals surface area contributed by atoms with Crippen LogP contribution in [0.4, 0.5) is 0 Å². The lowest BCUT2D eigenvalue weighted by atomic mass is 10.0. The molecule has 0 bridgehead atoms. The first kappa shape index (κ1) is 14.2. The molecule has 21 heavy (non-hydrogen) atoms. The fraction of sp³-hybridized carbons (Fsp3) is 0.500. The summed E-state index contributed by atoms with van der Waals surface area (Å²) in [6.45, 7) is 5.72. The van der Waals surface area contributed by atoms with Crippen molar-refractivity contribution in [2.24, 2.45) is 0 Å². The first-order valence-electron chi connectivity index (χ1n) is 7.89. The maximum Gasteiger partial charge on any atom is 0.253 e. The highest BCUT2D eigenvalue weighted by Crippen LogP contribution is 2.36. The zero-order valence-corrected chi connectivity index (χ0v) is 12.9. The highest BCUT2D eigenvalue weighted by molar-refractivity contribution is 5.94. The van der Waals surface area contributed by atoms with Gasteiger partial charge in [0.2, 0.25) is 0 Å². The van der Waals surface area contributed by atoms with Crippen molar-refractivity contribution in [2.75, 3.05) is 13.1 Å². The molecule has 1 aliphatic carbocycles. The van der Waals surface area contributed by atoms with E-state index in [1.54, 1.807) is 11.1 Å². The van der Waals surface area contributed by atoms with Crippen LogP contribution in [0.25, 0.3) is 0 Å². The maximum atomic E-state index is 12.5. The summed E-state index contributed by atoms with van der Waals surface area (Å²) in [6, 6.07) is 7.51. The Morgan fingerprint density at radius 3 is 2.10 bits per heavy atom. The van der Waals surface area contributed by atoms with E-state index in [1.807, 2.05) is 43.0 Å². The molecule has 1 saturated heterocycles. The van der Waals surface area contributed by atoms with E-state index < -0.39 is 0 Å². The van der Waals surface area contributed by atoms with Gasteiger partial charge in [0.25, 0.3) is 5.91 Å². The SMILES string of the molecule is CC(C)Oc1ccc(C(=O)N2CCC(=C3CC3)CC2)cc1. The van der Waals surface area contributed by atoms with Crippen molar-refractivity contribution in [2.45, 2.75) is 45.6 Å². The number of carbonyl (C=O) groups is 1. The zero-order chi connectivity index (χ0) is 14.8. The van der Waals surface area contributed by atoms with Crippen molar-refractivity contribution < 1.29 is 9.53 Å². The molecular weight excluding hydrogens is 262 g/mol. The number of ether oxygens (including phenoxy) is 1. The molecule has 2 fully saturated rings. The molecule has 1 aliphatic heterocycles. The summed E-state index contributed by atoms with van der Waals surface area (Å²) >= 11 is 0. The number of nitrogens with zero attached hydrogens (tertiary/aromatic N) is 1. The summed E-state index contributed by atoms with van der Waals surface area (Å²) in [7, 11) is 0. The van der Waals surface area contributed by atoms with Gasteiger partial charge in [-0.3, -0.25) is 4.79 Å². The van der Waals surface area contributed by atoms with Crippen molar-refractivity contribution in [1.29, 1.82) is 0 Å². The van der Waals surface area contributed by atoms with Crippen LogP contribution in [-0.2, 0) is 0 Å². The van der Waals surface area contributed by atoms with Gasteiger partial charge in [-0.25, -0.2) is 0 Å². The van der Waals surface area contributed by atoms with Crippen molar-refractivity contribution in [3.63, 3.8) is 0 Å². The molecule has 0 N–H and O–H groups in total. The summed E-state index contributed by atoms with van der Waals surface area (Å²) in [6.07, 6.45) is 4.87. The summed E-state index contributed by atoms with van der Waals surface area (Å²) in [5, 5.41) is 0. The summed E-state index contributed by atoms with van der Waals surface area (Å²) in [5.74, 6) is 0.965. The Labute approximate surface area is 126 Å². The fourth-order valence-corrected chi connectivity index (χ4v) is 2.88. The van der Waals surface area contributed by atoms with E-state index in [4.69, 9.17) is 4.74 Å². The van der Waals surface area contributed by atoms with Crippen LogP contribution in [-0.4, -0.2) is 30.0 Å². The van der Waals surface area contributed by atoms with Gasteiger partial charge in [0.1, 0.15) is 5.75 Å². The summed E-state index contributed by atoms with van der Waals surface area (Å²) in [5.41, 5.74) is 4.02. The number of carbonyl (C=O) groups excluding carboxylic acids is 1. The molecule has 1 aromatic rings.